The third-order valence-electron chi connectivity index (χ3n) is 4.51. The number of hydrogen-bond acceptors (Lipinski definition) is 3. The van der Waals surface area contributed by atoms with Gasteiger partial charge in [0.15, 0.2) is 6.10 Å². The highest BCUT2D eigenvalue weighted by Crippen LogP contribution is 2.29. The lowest BCUT2D eigenvalue weighted by atomic mass is 10.1. The Bertz CT molecular complexity index is 1010. The Morgan fingerprint density at radius 3 is 2.93 bits per heavy atom. The van der Waals surface area contributed by atoms with Crippen LogP contribution in [0.1, 0.15) is 6.42 Å². The summed E-state index contributed by atoms with van der Waals surface area (Å²) in [7, 11) is 0. The van der Waals surface area contributed by atoms with Crippen LogP contribution in [0.4, 0.5) is 5.69 Å². The molecule has 1 atom stereocenters. The third kappa shape index (κ3) is 3.61. The molecule has 2 N–H and O–H groups in total. The van der Waals surface area contributed by atoms with Crippen LogP contribution >= 0.6 is 11.6 Å². The number of halogens is 1. The number of carbonyl (C=O) groups is 2. The van der Waals surface area contributed by atoms with E-state index in [1.54, 1.807) is 12.1 Å². The van der Waals surface area contributed by atoms with Crippen LogP contribution in [0, 0.1) is 0 Å². The van der Waals surface area contributed by atoms with Gasteiger partial charge in [-0.2, -0.15) is 0 Å². The molecule has 0 fully saturated rings. The van der Waals surface area contributed by atoms with Gasteiger partial charge in [-0.1, -0.05) is 29.8 Å². The number of rotatable bonds is 5. The number of ether oxygens (including phenoxy) is 1. The Balaban J connectivity index is 1.32. The van der Waals surface area contributed by atoms with E-state index in [1.807, 2.05) is 47.2 Å². The quantitative estimate of drug-likeness (QED) is 0.710. The summed E-state index contributed by atoms with van der Waals surface area (Å²) in [5.41, 5.74) is 1.64. The molecule has 2 amide bonds. The second kappa shape index (κ2) is 7.32. The first-order valence-corrected chi connectivity index (χ1v) is 9.06. The van der Waals surface area contributed by atoms with Crippen LogP contribution in [0.25, 0.3) is 10.9 Å². The molecule has 2 aromatic carbocycles. The summed E-state index contributed by atoms with van der Waals surface area (Å²) in [6.45, 7) is 1.05. The van der Waals surface area contributed by atoms with Gasteiger partial charge < -0.3 is 19.9 Å². The van der Waals surface area contributed by atoms with E-state index in [0.29, 0.717) is 29.5 Å². The van der Waals surface area contributed by atoms with Crippen molar-refractivity contribution in [1.82, 2.24) is 9.88 Å². The van der Waals surface area contributed by atoms with Crippen molar-refractivity contribution < 1.29 is 14.3 Å². The van der Waals surface area contributed by atoms with Crippen molar-refractivity contribution in [2.75, 3.05) is 11.9 Å². The Morgan fingerprint density at radius 2 is 2.04 bits per heavy atom. The van der Waals surface area contributed by atoms with Crippen molar-refractivity contribution in [3.8, 4) is 5.75 Å². The smallest absolute Gasteiger partial charge is 0.266 e. The van der Waals surface area contributed by atoms with Gasteiger partial charge in [-0.15, -0.1) is 0 Å². The minimum atomic E-state index is -0.828. The lowest BCUT2D eigenvalue weighted by Crippen LogP contribution is -2.41. The van der Waals surface area contributed by atoms with Gasteiger partial charge in [0.2, 0.25) is 5.91 Å². The van der Waals surface area contributed by atoms with Crippen molar-refractivity contribution in [3.05, 3.63) is 59.8 Å². The van der Waals surface area contributed by atoms with Gasteiger partial charge >= 0.3 is 0 Å². The molecule has 6 nitrogen and oxygen atoms in total. The zero-order valence-corrected chi connectivity index (χ0v) is 15.2. The summed E-state index contributed by atoms with van der Waals surface area (Å²) in [6, 6.07) is 14.9. The van der Waals surface area contributed by atoms with Crippen LogP contribution < -0.4 is 15.4 Å². The number of aromatic nitrogens is 1. The molecule has 138 valence electrons. The van der Waals surface area contributed by atoms with Gasteiger partial charge in [-0.05, 0) is 30.3 Å². The maximum Gasteiger partial charge on any atom is 0.266 e. The first-order valence-electron chi connectivity index (χ1n) is 8.68. The molecule has 0 bridgehead atoms. The van der Waals surface area contributed by atoms with Crippen LogP contribution in [0.5, 0.6) is 5.75 Å². The Hall–Kier alpha value is -2.99. The third-order valence-corrected chi connectivity index (χ3v) is 4.84. The highest BCUT2D eigenvalue weighted by molar-refractivity contribution is 6.35. The fourth-order valence-corrected chi connectivity index (χ4v) is 3.40. The first-order chi connectivity index (χ1) is 13.1. The maximum atomic E-state index is 12.2. The molecule has 1 aromatic heterocycles. The van der Waals surface area contributed by atoms with Crippen molar-refractivity contribution in [1.29, 1.82) is 0 Å². The van der Waals surface area contributed by atoms with Crippen LogP contribution in [-0.2, 0) is 16.1 Å². The Labute approximate surface area is 161 Å². The number of carbonyl (C=O) groups excluding carboxylic acids is 2. The summed E-state index contributed by atoms with van der Waals surface area (Å²) >= 11 is 6.18. The number of amides is 2. The Morgan fingerprint density at radius 1 is 1.19 bits per heavy atom. The van der Waals surface area contributed by atoms with Crippen molar-refractivity contribution in [2.45, 2.75) is 19.1 Å². The molecule has 27 heavy (non-hydrogen) atoms. The molecule has 2 heterocycles. The highest BCUT2D eigenvalue weighted by Gasteiger charge is 2.29. The van der Waals surface area contributed by atoms with Crippen LogP contribution in [0.15, 0.2) is 54.7 Å². The van der Waals surface area contributed by atoms with Gasteiger partial charge in [0, 0.05) is 35.2 Å². The minimum Gasteiger partial charge on any atom is -0.478 e. The molecule has 0 aliphatic carbocycles. The molecule has 7 heteroatoms. The fraction of sp³-hybridized carbons (Fsp3) is 0.200. The normalized spacial score (nSPS) is 15.7. The van der Waals surface area contributed by atoms with Crippen LogP contribution in [0.2, 0.25) is 5.02 Å². The number of para-hydroxylation sites is 2. The van der Waals surface area contributed by atoms with Crippen molar-refractivity contribution >= 4 is 40.0 Å². The molecule has 0 saturated heterocycles. The van der Waals surface area contributed by atoms with E-state index in [-0.39, 0.29) is 18.2 Å². The first kappa shape index (κ1) is 17.4. The number of anilines is 1. The van der Waals surface area contributed by atoms with Crippen molar-refractivity contribution in [3.63, 3.8) is 0 Å². The zero-order valence-electron chi connectivity index (χ0n) is 14.4. The van der Waals surface area contributed by atoms with Crippen molar-refractivity contribution in [2.24, 2.45) is 0 Å². The zero-order chi connectivity index (χ0) is 18.8. The topological polar surface area (TPSA) is 72.4 Å². The summed E-state index contributed by atoms with van der Waals surface area (Å²) in [5.74, 6) is 0.0320. The number of nitrogens with one attached hydrogen (secondary N) is 2. The number of benzene rings is 2. The van der Waals surface area contributed by atoms with E-state index in [9.17, 15) is 9.59 Å². The van der Waals surface area contributed by atoms with Crippen LogP contribution in [0.3, 0.4) is 0 Å². The molecular weight excluding hydrogens is 366 g/mol. The summed E-state index contributed by atoms with van der Waals surface area (Å²) < 4.78 is 7.67. The Kier molecular flexibility index (Phi) is 4.73. The second-order valence-corrected chi connectivity index (χ2v) is 6.73. The van der Waals surface area contributed by atoms with Gasteiger partial charge in [-0.25, -0.2) is 0 Å². The van der Waals surface area contributed by atoms with Crippen LogP contribution in [-0.4, -0.2) is 29.0 Å². The van der Waals surface area contributed by atoms with Gasteiger partial charge in [0.1, 0.15) is 5.75 Å². The summed E-state index contributed by atoms with van der Waals surface area (Å²) in [5, 5.41) is 7.29. The molecule has 1 aliphatic heterocycles. The molecule has 4 rings (SSSR count). The average Bonchev–Trinajstić information content (AvgIpc) is 3.07. The van der Waals surface area contributed by atoms with E-state index in [1.165, 1.54) is 0 Å². The predicted octanol–water partition coefficient (Wildman–Crippen LogP) is 3.20. The minimum absolute atomic E-state index is 0.0293. The second-order valence-electron chi connectivity index (χ2n) is 6.33. The number of hydrogen-bond donors (Lipinski definition) is 2. The van der Waals surface area contributed by atoms with E-state index in [2.05, 4.69) is 10.6 Å². The molecule has 3 aromatic rings. The molecular formula is C20H18ClN3O3. The van der Waals surface area contributed by atoms with E-state index in [4.69, 9.17) is 16.3 Å². The van der Waals surface area contributed by atoms with Gasteiger partial charge in [-0.3, -0.25) is 9.59 Å². The highest BCUT2D eigenvalue weighted by atomic mass is 35.5. The lowest BCUT2D eigenvalue weighted by molar-refractivity contribution is -0.130. The maximum absolute atomic E-state index is 12.2. The molecule has 0 radical (unpaired) electrons. The molecule has 0 unspecified atom stereocenters. The molecule has 0 spiro atoms. The fourth-order valence-electron chi connectivity index (χ4n) is 3.16. The summed E-state index contributed by atoms with van der Waals surface area (Å²) in [4.78, 5) is 24.3. The average molecular weight is 384 g/mol. The van der Waals surface area contributed by atoms with Gasteiger partial charge in [0.05, 0.1) is 12.1 Å². The largest absolute Gasteiger partial charge is 0.478 e. The van der Waals surface area contributed by atoms with Gasteiger partial charge in [0.25, 0.3) is 5.91 Å². The number of fused-ring (bicyclic) bond motifs is 2. The van der Waals surface area contributed by atoms with E-state index in [0.717, 1.165) is 10.9 Å². The monoisotopic (exact) mass is 383 g/mol. The standard InChI is InChI=1S/C20H18ClN3O3/c21-14-4-3-6-16-13(14)8-10-24(16)11-9-22-19(25)12-18-20(26)23-15-5-1-2-7-17(15)27-18/h1-8,10,18H,9,11-12H2,(H,22,25)(H,23,26)/t18-/m0/s1. The number of nitrogens with zero attached hydrogens (tertiary/aromatic N) is 1. The molecule has 1 aliphatic rings. The van der Waals surface area contributed by atoms with E-state index < -0.39 is 6.10 Å². The lowest BCUT2D eigenvalue weighted by Gasteiger charge is -2.25. The SMILES string of the molecule is O=C(C[C@@H]1Oc2ccccc2NC1=O)NCCn1ccc2c(Cl)cccc21. The van der Waals surface area contributed by atoms with E-state index >= 15 is 0 Å². The predicted molar refractivity (Wildman–Crippen MR) is 104 cm³/mol. The molecule has 0 saturated carbocycles. The summed E-state index contributed by atoms with van der Waals surface area (Å²) in [6.07, 6.45) is 1.08.